The molecule has 106 valence electrons. The van der Waals surface area contributed by atoms with Crippen molar-refractivity contribution >= 4 is 5.91 Å². The van der Waals surface area contributed by atoms with Crippen molar-refractivity contribution in [2.24, 2.45) is 0 Å². The lowest BCUT2D eigenvalue weighted by Gasteiger charge is -2.12. The van der Waals surface area contributed by atoms with Crippen LogP contribution in [0.3, 0.4) is 0 Å². The van der Waals surface area contributed by atoms with E-state index in [0.717, 1.165) is 18.4 Å². The number of rotatable bonds is 5. The Morgan fingerprint density at radius 3 is 2.60 bits per heavy atom. The van der Waals surface area contributed by atoms with E-state index in [4.69, 9.17) is 4.52 Å². The highest BCUT2D eigenvalue weighted by Gasteiger charge is 2.11. The highest BCUT2D eigenvalue weighted by molar-refractivity contribution is 5.94. The summed E-state index contributed by atoms with van der Waals surface area (Å²) in [6, 6.07) is 7.34. The van der Waals surface area contributed by atoms with Gasteiger partial charge in [-0.05, 0) is 44.5 Å². The fraction of sp³-hybridized carbons (Fsp3) is 0.400. The van der Waals surface area contributed by atoms with Gasteiger partial charge in [-0.15, -0.1) is 0 Å². The van der Waals surface area contributed by atoms with Crippen LogP contribution in [0.5, 0.6) is 0 Å². The predicted molar refractivity (Wildman–Crippen MR) is 76.3 cm³/mol. The zero-order valence-corrected chi connectivity index (χ0v) is 12.0. The Morgan fingerprint density at radius 2 is 2.05 bits per heavy atom. The molecule has 0 unspecified atom stereocenters. The van der Waals surface area contributed by atoms with Crippen molar-refractivity contribution in [1.29, 1.82) is 0 Å². The largest absolute Gasteiger partial charge is 0.350 e. The molecule has 1 heterocycles. The van der Waals surface area contributed by atoms with Gasteiger partial charge in [-0.3, -0.25) is 4.79 Å². The van der Waals surface area contributed by atoms with Crippen LogP contribution in [-0.4, -0.2) is 22.1 Å². The van der Waals surface area contributed by atoms with Crippen LogP contribution < -0.4 is 5.32 Å². The van der Waals surface area contributed by atoms with Crippen LogP contribution in [0.1, 0.15) is 42.9 Å². The third-order valence-corrected chi connectivity index (χ3v) is 3.02. The highest BCUT2D eigenvalue weighted by atomic mass is 16.5. The summed E-state index contributed by atoms with van der Waals surface area (Å²) in [7, 11) is 0. The maximum Gasteiger partial charge on any atom is 0.257 e. The molecule has 2 rings (SSSR count). The minimum Gasteiger partial charge on any atom is -0.350 e. The first-order valence-electron chi connectivity index (χ1n) is 6.81. The molecule has 5 heteroatoms. The van der Waals surface area contributed by atoms with Crippen LogP contribution in [0, 0.1) is 6.92 Å². The van der Waals surface area contributed by atoms with Gasteiger partial charge in [0.05, 0.1) is 0 Å². The van der Waals surface area contributed by atoms with Gasteiger partial charge < -0.3 is 9.84 Å². The Bertz CT molecular complexity index is 575. The molecule has 0 saturated heterocycles. The van der Waals surface area contributed by atoms with Crippen molar-refractivity contribution in [1.82, 2.24) is 15.5 Å². The second-order valence-corrected chi connectivity index (χ2v) is 4.89. The average molecular weight is 273 g/mol. The van der Waals surface area contributed by atoms with Gasteiger partial charge in [-0.25, -0.2) is 0 Å². The van der Waals surface area contributed by atoms with Crippen LogP contribution in [0.15, 0.2) is 28.8 Å². The molecule has 0 aliphatic carbocycles. The van der Waals surface area contributed by atoms with Crippen LogP contribution in [0.2, 0.25) is 0 Å². The van der Waals surface area contributed by atoms with Gasteiger partial charge in [-0.2, -0.15) is 4.98 Å². The summed E-state index contributed by atoms with van der Waals surface area (Å²) in [4.78, 5) is 16.2. The van der Waals surface area contributed by atoms with E-state index in [0.29, 0.717) is 17.3 Å². The molecule has 5 nitrogen and oxygen atoms in total. The first kappa shape index (κ1) is 14.2. The van der Waals surface area contributed by atoms with Crippen LogP contribution >= 0.6 is 0 Å². The van der Waals surface area contributed by atoms with Crippen molar-refractivity contribution < 1.29 is 9.32 Å². The first-order valence-corrected chi connectivity index (χ1v) is 6.81. The Balaban J connectivity index is 2.06. The summed E-state index contributed by atoms with van der Waals surface area (Å²) in [5, 5.41) is 6.72. The van der Waals surface area contributed by atoms with Crippen molar-refractivity contribution in [3.63, 3.8) is 0 Å². The summed E-state index contributed by atoms with van der Waals surface area (Å²) < 4.78 is 5.09. The lowest BCUT2D eigenvalue weighted by atomic mass is 10.1. The van der Waals surface area contributed by atoms with Gasteiger partial charge in [0.2, 0.25) is 0 Å². The van der Waals surface area contributed by atoms with E-state index in [1.807, 2.05) is 19.1 Å². The molecule has 0 aliphatic heterocycles. The normalized spacial score (nSPS) is 12.2. The van der Waals surface area contributed by atoms with Crippen molar-refractivity contribution in [3.05, 3.63) is 35.7 Å². The second-order valence-electron chi connectivity index (χ2n) is 4.89. The fourth-order valence-corrected chi connectivity index (χ4v) is 1.99. The molecule has 0 aliphatic rings. The zero-order valence-electron chi connectivity index (χ0n) is 12.0. The molecule has 2 aromatic rings. The number of carbonyl (C=O) groups excluding carboxylic acids is 1. The molecule has 1 aromatic carbocycles. The second kappa shape index (κ2) is 6.32. The maximum absolute atomic E-state index is 12.0. The number of aryl methyl sites for hydroxylation is 1. The fourth-order valence-electron chi connectivity index (χ4n) is 1.99. The Hall–Kier alpha value is -2.17. The SMILES string of the molecule is CCC[C@H](C)NC(=O)c1ccc(-c2nc(C)no2)cc1. The predicted octanol–water partition coefficient (Wildman–Crippen LogP) is 2.96. The lowest BCUT2D eigenvalue weighted by molar-refractivity contribution is 0.0938. The third-order valence-electron chi connectivity index (χ3n) is 3.02. The molecule has 0 saturated carbocycles. The third kappa shape index (κ3) is 3.44. The van der Waals surface area contributed by atoms with Gasteiger partial charge in [0.25, 0.3) is 11.8 Å². The van der Waals surface area contributed by atoms with Gasteiger partial charge in [-0.1, -0.05) is 18.5 Å². The summed E-state index contributed by atoms with van der Waals surface area (Å²) in [5.74, 6) is 1.00. The molecule has 0 bridgehead atoms. The van der Waals surface area contributed by atoms with Crippen molar-refractivity contribution in [3.8, 4) is 11.5 Å². The van der Waals surface area contributed by atoms with E-state index >= 15 is 0 Å². The molecule has 1 amide bonds. The Labute approximate surface area is 118 Å². The molecule has 0 fully saturated rings. The van der Waals surface area contributed by atoms with Gasteiger partial charge in [0.15, 0.2) is 5.82 Å². The molecular weight excluding hydrogens is 254 g/mol. The summed E-state index contributed by atoms with van der Waals surface area (Å²) in [6.45, 7) is 5.88. The summed E-state index contributed by atoms with van der Waals surface area (Å²) in [5.41, 5.74) is 1.44. The summed E-state index contributed by atoms with van der Waals surface area (Å²) >= 11 is 0. The van der Waals surface area contributed by atoms with Crippen LogP contribution in [0.4, 0.5) is 0 Å². The number of hydrogen-bond acceptors (Lipinski definition) is 4. The van der Waals surface area contributed by atoms with Gasteiger partial charge in [0.1, 0.15) is 0 Å². The van der Waals surface area contributed by atoms with Crippen molar-refractivity contribution in [2.75, 3.05) is 0 Å². The number of nitrogens with one attached hydrogen (secondary N) is 1. The van der Waals surface area contributed by atoms with Crippen molar-refractivity contribution in [2.45, 2.75) is 39.7 Å². The molecular formula is C15H19N3O2. The minimum atomic E-state index is -0.0563. The zero-order chi connectivity index (χ0) is 14.5. The van der Waals surface area contributed by atoms with E-state index < -0.39 is 0 Å². The molecule has 1 aromatic heterocycles. The number of nitrogens with zero attached hydrogens (tertiary/aromatic N) is 2. The first-order chi connectivity index (χ1) is 9.60. The van der Waals surface area contributed by atoms with Gasteiger partial charge >= 0.3 is 0 Å². The van der Waals surface area contributed by atoms with E-state index in [1.54, 1.807) is 19.1 Å². The Morgan fingerprint density at radius 1 is 1.35 bits per heavy atom. The van der Waals surface area contributed by atoms with Crippen LogP contribution in [-0.2, 0) is 0 Å². The minimum absolute atomic E-state index is 0.0563. The molecule has 1 N–H and O–H groups in total. The van der Waals surface area contributed by atoms with E-state index in [1.165, 1.54) is 0 Å². The number of amides is 1. The van der Waals surface area contributed by atoms with E-state index in [9.17, 15) is 4.79 Å². The lowest BCUT2D eigenvalue weighted by Crippen LogP contribution is -2.32. The molecule has 0 radical (unpaired) electrons. The molecule has 0 spiro atoms. The number of aromatic nitrogens is 2. The monoisotopic (exact) mass is 273 g/mol. The van der Waals surface area contributed by atoms with Crippen LogP contribution in [0.25, 0.3) is 11.5 Å². The smallest absolute Gasteiger partial charge is 0.257 e. The van der Waals surface area contributed by atoms with E-state index in [-0.39, 0.29) is 11.9 Å². The molecule has 1 atom stereocenters. The molecule has 20 heavy (non-hydrogen) atoms. The Kier molecular flexibility index (Phi) is 4.50. The summed E-state index contributed by atoms with van der Waals surface area (Å²) in [6.07, 6.45) is 2.03. The number of hydrogen-bond donors (Lipinski definition) is 1. The standard InChI is InChI=1S/C15H19N3O2/c1-4-5-10(2)16-14(19)12-6-8-13(9-7-12)15-17-11(3)18-20-15/h6-10H,4-5H2,1-3H3,(H,16,19)/t10-/m0/s1. The van der Waals surface area contributed by atoms with E-state index in [2.05, 4.69) is 22.4 Å². The quantitative estimate of drug-likeness (QED) is 0.909. The maximum atomic E-state index is 12.0. The highest BCUT2D eigenvalue weighted by Crippen LogP contribution is 2.17. The number of carbonyl (C=O) groups is 1. The topological polar surface area (TPSA) is 68.0 Å². The average Bonchev–Trinajstić information content (AvgIpc) is 2.86. The number of benzene rings is 1. The van der Waals surface area contributed by atoms with Gasteiger partial charge in [0, 0.05) is 17.2 Å².